The van der Waals surface area contributed by atoms with E-state index in [4.69, 9.17) is 4.74 Å². The molecule has 4 fully saturated rings. The van der Waals surface area contributed by atoms with Gasteiger partial charge in [-0.3, -0.25) is 19.2 Å². The molecule has 1 aliphatic heterocycles. The number of Topliss-reactive ketones (excluding diaryl/α,β-unsaturated/α-hetero) is 1. The third kappa shape index (κ3) is 10.1. The topological polar surface area (TPSA) is 175 Å². The first-order valence-electron chi connectivity index (χ1n) is 19.5. The summed E-state index contributed by atoms with van der Waals surface area (Å²) in [6, 6.07) is -3.90. The standard InChI is InChI=1S/C39H64N6O7/c1-9-11-15-26(30(46)33(48)40-20-10-2)42-32(47)29-28-25(38(28,6)7)22-45(29)34(49)31(39(8)18-13-12-14-19-39)44-35(50)43-27(37(3,4)5)23-52-36(51)41-21-24-16-17-24/h10,24-29,31H,2,9,11-23H2,1,3-8H3,(H,40,48)(H,41,51)(H,42,47)(H2,43,44,50)/t25-,26?,27+,28-,29-,31+/m0/s1. The summed E-state index contributed by atoms with van der Waals surface area (Å²) in [5.41, 5.74) is -1.22. The average molecular weight is 729 g/mol. The van der Waals surface area contributed by atoms with Crippen LogP contribution in [0.4, 0.5) is 9.59 Å². The first-order chi connectivity index (χ1) is 24.4. The summed E-state index contributed by atoms with van der Waals surface area (Å²) < 4.78 is 5.50. The molecule has 0 spiro atoms. The number of likely N-dealkylation sites (tertiary alicyclic amines) is 1. The Hall–Kier alpha value is -3.64. The maximum absolute atomic E-state index is 14.8. The monoisotopic (exact) mass is 728 g/mol. The number of ketones is 1. The zero-order valence-electron chi connectivity index (χ0n) is 32.5. The Morgan fingerprint density at radius 2 is 1.63 bits per heavy atom. The van der Waals surface area contributed by atoms with Crippen LogP contribution in [-0.2, 0) is 23.9 Å². The summed E-state index contributed by atoms with van der Waals surface area (Å²) in [4.78, 5) is 82.6. The summed E-state index contributed by atoms with van der Waals surface area (Å²) in [5, 5.41) is 14.2. The van der Waals surface area contributed by atoms with Crippen LogP contribution >= 0.6 is 0 Å². The van der Waals surface area contributed by atoms with Crippen molar-refractivity contribution in [3.63, 3.8) is 0 Å². The van der Waals surface area contributed by atoms with Gasteiger partial charge in [0.25, 0.3) is 5.91 Å². The number of piperidine rings is 1. The second-order valence-corrected chi connectivity index (χ2v) is 17.6. The summed E-state index contributed by atoms with van der Waals surface area (Å²) >= 11 is 0. The molecule has 0 aromatic heterocycles. The van der Waals surface area contributed by atoms with Crippen molar-refractivity contribution in [1.82, 2.24) is 31.5 Å². The lowest BCUT2D eigenvalue weighted by Crippen LogP contribution is -2.63. The van der Waals surface area contributed by atoms with Crippen LogP contribution in [0.15, 0.2) is 12.7 Å². The van der Waals surface area contributed by atoms with E-state index < -0.39 is 64.7 Å². The molecule has 0 radical (unpaired) electrons. The number of fused-ring (bicyclic) bond motifs is 1. The van der Waals surface area contributed by atoms with E-state index in [2.05, 4.69) is 47.0 Å². The van der Waals surface area contributed by atoms with Crippen molar-refractivity contribution >= 4 is 35.6 Å². The van der Waals surface area contributed by atoms with Crippen LogP contribution in [0.5, 0.6) is 0 Å². The molecule has 52 heavy (non-hydrogen) atoms. The third-order valence-electron chi connectivity index (χ3n) is 12.0. The smallest absolute Gasteiger partial charge is 0.407 e. The molecule has 5 N–H and O–H groups in total. The Balaban J connectivity index is 1.53. The van der Waals surface area contributed by atoms with E-state index in [9.17, 15) is 28.8 Å². The van der Waals surface area contributed by atoms with Crippen LogP contribution < -0.4 is 26.6 Å². The van der Waals surface area contributed by atoms with E-state index in [1.165, 1.54) is 6.08 Å². The van der Waals surface area contributed by atoms with Crippen LogP contribution in [-0.4, -0.2) is 90.9 Å². The molecule has 13 heteroatoms. The molecular weight excluding hydrogens is 664 g/mol. The van der Waals surface area contributed by atoms with Gasteiger partial charge in [-0.25, -0.2) is 9.59 Å². The van der Waals surface area contributed by atoms with E-state index in [0.717, 1.165) is 51.4 Å². The number of carbonyl (C=O) groups is 6. The van der Waals surface area contributed by atoms with Crippen LogP contribution in [0.25, 0.3) is 0 Å². The van der Waals surface area contributed by atoms with Crippen molar-refractivity contribution < 1.29 is 33.5 Å². The van der Waals surface area contributed by atoms with E-state index in [-0.39, 0.29) is 36.3 Å². The largest absolute Gasteiger partial charge is 0.447 e. The van der Waals surface area contributed by atoms with Gasteiger partial charge < -0.3 is 36.2 Å². The molecule has 0 aromatic rings. The maximum atomic E-state index is 14.8. The molecule has 6 atom stereocenters. The Morgan fingerprint density at radius 3 is 2.23 bits per heavy atom. The lowest BCUT2D eigenvalue weighted by atomic mass is 9.70. The molecule has 3 saturated carbocycles. The van der Waals surface area contributed by atoms with Crippen molar-refractivity contribution in [3.8, 4) is 0 Å². The molecule has 6 amide bonds. The number of unbranched alkanes of at least 4 members (excludes halogenated alkanes) is 1. The van der Waals surface area contributed by atoms with Gasteiger partial charge in [0.05, 0.1) is 12.1 Å². The highest BCUT2D eigenvalue weighted by atomic mass is 16.5. The van der Waals surface area contributed by atoms with Gasteiger partial charge in [0.1, 0.15) is 18.7 Å². The number of amides is 6. The van der Waals surface area contributed by atoms with Crippen LogP contribution in [0, 0.1) is 34.0 Å². The molecule has 13 nitrogen and oxygen atoms in total. The highest BCUT2D eigenvalue weighted by Gasteiger charge is 2.70. The van der Waals surface area contributed by atoms with Crippen LogP contribution in [0.1, 0.15) is 113 Å². The van der Waals surface area contributed by atoms with Gasteiger partial charge in [0.15, 0.2) is 0 Å². The zero-order chi connectivity index (χ0) is 38.4. The SMILES string of the molecule is C=CCNC(=O)C(=O)C(CCCC)NC(=O)[C@@H]1[C@@H]2[C@H](CN1C(=O)[C@@H](NC(=O)N[C@H](COC(=O)NCC1CC1)C(C)(C)C)C1(C)CCCCC1)C2(C)C. The summed E-state index contributed by atoms with van der Waals surface area (Å²) in [5.74, 6) is -1.85. The second-order valence-electron chi connectivity index (χ2n) is 17.6. The number of rotatable bonds is 17. The quantitative estimate of drug-likeness (QED) is 0.110. The van der Waals surface area contributed by atoms with E-state index >= 15 is 0 Å². The van der Waals surface area contributed by atoms with Gasteiger partial charge in [-0.15, -0.1) is 6.58 Å². The molecule has 4 aliphatic rings. The van der Waals surface area contributed by atoms with Crippen molar-refractivity contribution in [2.45, 2.75) is 137 Å². The van der Waals surface area contributed by atoms with Crippen molar-refractivity contribution in [3.05, 3.63) is 12.7 Å². The van der Waals surface area contributed by atoms with Crippen molar-refractivity contribution in [2.24, 2.45) is 34.0 Å². The minimum Gasteiger partial charge on any atom is -0.447 e. The first kappa shape index (κ1) is 41.1. The summed E-state index contributed by atoms with van der Waals surface area (Å²) in [6.45, 7) is 18.6. The number of hydrogen-bond acceptors (Lipinski definition) is 7. The molecule has 3 aliphatic carbocycles. The number of nitrogens with zero attached hydrogens (tertiary/aromatic N) is 1. The Bertz CT molecular complexity index is 1350. The summed E-state index contributed by atoms with van der Waals surface area (Å²) in [7, 11) is 0. The van der Waals surface area contributed by atoms with Gasteiger partial charge >= 0.3 is 12.1 Å². The molecule has 0 aromatic carbocycles. The first-order valence-corrected chi connectivity index (χ1v) is 19.5. The fraction of sp³-hybridized carbons (Fsp3) is 0.795. The fourth-order valence-corrected chi connectivity index (χ4v) is 8.10. The predicted molar refractivity (Wildman–Crippen MR) is 198 cm³/mol. The molecule has 0 bridgehead atoms. The summed E-state index contributed by atoms with van der Waals surface area (Å²) in [6.07, 6.45) is 9.16. The molecular formula is C39H64N6O7. The number of ether oxygens (including phenoxy) is 1. The number of urea groups is 1. The van der Waals surface area contributed by atoms with E-state index in [1.54, 1.807) is 4.90 Å². The lowest BCUT2D eigenvalue weighted by molar-refractivity contribution is -0.146. The number of carbonyl (C=O) groups excluding carboxylic acids is 6. The van der Waals surface area contributed by atoms with Gasteiger partial charge in [0.2, 0.25) is 17.6 Å². The van der Waals surface area contributed by atoms with Crippen LogP contribution in [0.3, 0.4) is 0 Å². The van der Waals surface area contributed by atoms with Gasteiger partial charge in [-0.2, -0.15) is 0 Å². The molecule has 1 unspecified atom stereocenters. The van der Waals surface area contributed by atoms with Crippen molar-refractivity contribution in [2.75, 3.05) is 26.2 Å². The third-order valence-corrected chi connectivity index (χ3v) is 12.0. The number of nitrogens with one attached hydrogen (secondary N) is 5. The number of alkyl carbamates (subject to hydrolysis) is 1. The van der Waals surface area contributed by atoms with Gasteiger partial charge in [-0.05, 0) is 66.1 Å². The molecule has 1 saturated heterocycles. The predicted octanol–water partition coefficient (Wildman–Crippen LogP) is 4.20. The fourth-order valence-electron chi connectivity index (χ4n) is 8.10. The Morgan fingerprint density at radius 1 is 0.962 bits per heavy atom. The molecule has 4 rings (SSSR count). The number of hydrogen-bond donors (Lipinski definition) is 5. The Kier molecular flexibility index (Phi) is 13.4. The van der Waals surface area contributed by atoms with E-state index in [0.29, 0.717) is 31.8 Å². The van der Waals surface area contributed by atoms with E-state index in [1.807, 2.05) is 34.6 Å². The lowest BCUT2D eigenvalue weighted by Gasteiger charge is -2.43. The average Bonchev–Trinajstić information content (AvgIpc) is 3.96. The highest BCUT2D eigenvalue weighted by Crippen LogP contribution is 2.65. The van der Waals surface area contributed by atoms with Crippen LogP contribution in [0.2, 0.25) is 0 Å². The minimum absolute atomic E-state index is 0.0420. The van der Waals surface area contributed by atoms with Crippen molar-refractivity contribution in [1.29, 1.82) is 0 Å². The normalized spacial score (nSPS) is 24.6. The Labute approximate surface area is 309 Å². The van der Waals surface area contributed by atoms with Gasteiger partial charge in [0, 0.05) is 19.6 Å². The zero-order valence-corrected chi connectivity index (χ0v) is 32.5. The maximum Gasteiger partial charge on any atom is 0.407 e. The highest BCUT2D eigenvalue weighted by molar-refractivity contribution is 6.38. The molecule has 292 valence electrons. The molecule has 1 heterocycles. The van der Waals surface area contributed by atoms with Gasteiger partial charge in [-0.1, -0.05) is 86.6 Å². The minimum atomic E-state index is -1.03. The second kappa shape index (κ2) is 17.0.